The van der Waals surface area contributed by atoms with Gasteiger partial charge in [0.15, 0.2) is 6.33 Å². The second kappa shape index (κ2) is 6.94. The van der Waals surface area contributed by atoms with Crippen molar-refractivity contribution in [2.45, 2.75) is 12.1 Å². The van der Waals surface area contributed by atoms with E-state index in [1.807, 2.05) is 0 Å². The Morgan fingerprint density at radius 3 is 2.57 bits per heavy atom. The highest BCUT2D eigenvalue weighted by atomic mass is 19.4. The van der Waals surface area contributed by atoms with E-state index < -0.39 is 46.1 Å². The van der Waals surface area contributed by atoms with Crippen LogP contribution in [0.5, 0.6) is 0 Å². The number of likely N-dealkylation sites (tertiary alicyclic amines) is 1. The molecule has 12 heteroatoms. The molecule has 0 unspecified atom stereocenters. The Morgan fingerprint density at radius 1 is 1.36 bits per heavy atom. The molecule has 1 aliphatic rings. The number of imidazole rings is 1. The van der Waals surface area contributed by atoms with Crippen LogP contribution in [0.4, 0.5) is 24.8 Å². The molecule has 28 heavy (non-hydrogen) atoms. The summed E-state index contributed by atoms with van der Waals surface area (Å²) in [6.07, 6.45) is -3.49. The Kier molecular flexibility index (Phi) is 4.79. The number of halogens is 3. The number of alkyl halides is 3. The van der Waals surface area contributed by atoms with Gasteiger partial charge >= 0.3 is 12.0 Å². The summed E-state index contributed by atoms with van der Waals surface area (Å²) in [4.78, 5) is 42.4. The number of anilines is 1. The highest BCUT2D eigenvalue weighted by molar-refractivity contribution is 6.08. The van der Waals surface area contributed by atoms with E-state index in [4.69, 9.17) is 0 Å². The summed E-state index contributed by atoms with van der Waals surface area (Å²) in [5.41, 5.74) is -0.468. The fourth-order valence-electron chi connectivity index (χ4n) is 3.12. The van der Waals surface area contributed by atoms with Gasteiger partial charge in [-0.1, -0.05) is 12.1 Å². The van der Waals surface area contributed by atoms with Crippen LogP contribution in [0.15, 0.2) is 30.6 Å². The molecule has 1 aromatic heterocycles. The molecule has 1 fully saturated rings. The van der Waals surface area contributed by atoms with Gasteiger partial charge in [0.1, 0.15) is 5.92 Å². The first-order valence-electron chi connectivity index (χ1n) is 8.00. The Labute approximate surface area is 155 Å². The highest BCUT2D eigenvalue weighted by Gasteiger charge is 2.45. The molecule has 2 atom stereocenters. The van der Waals surface area contributed by atoms with Crippen molar-refractivity contribution in [2.75, 3.05) is 18.9 Å². The van der Waals surface area contributed by atoms with Crippen LogP contribution < -0.4 is 5.32 Å². The average molecular weight is 397 g/mol. The Balaban J connectivity index is 1.87. The molecule has 0 aliphatic carbocycles. The van der Waals surface area contributed by atoms with Crippen molar-refractivity contribution in [1.82, 2.24) is 14.9 Å². The molecule has 9 nitrogen and oxygen atoms in total. The maximum Gasteiger partial charge on any atom is 0.416 e. The topological polar surface area (TPSA) is 121 Å². The lowest BCUT2D eigenvalue weighted by atomic mass is 9.87. The van der Waals surface area contributed by atoms with Gasteiger partial charge in [-0.05, 0) is 22.6 Å². The van der Waals surface area contributed by atoms with Crippen molar-refractivity contribution in [2.24, 2.45) is 5.92 Å². The number of amides is 2. The zero-order valence-electron chi connectivity index (χ0n) is 14.4. The van der Waals surface area contributed by atoms with Crippen molar-refractivity contribution in [3.05, 3.63) is 51.8 Å². The number of H-pyrrole nitrogens is 1. The maximum absolute atomic E-state index is 12.7. The third kappa shape index (κ3) is 3.52. The van der Waals surface area contributed by atoms with E-state index in [1.54, 1.807) is 0 Å². The monoisotopic (exact) mass is 397 g/mol. The molecule has 0 saturated carbocycles. The molecule has 1 aliphatic heterocycles. The van der Waals surface area contributed by atoms with Gasteiger partial charge in [0.2, 0.25) is 17.6 Å². The summed E-state index contributed by atoms with van der Waals surface area (Å²) in [7, 11) is 1.46. The van der Waals surface area contributed by atoms with Crippen LogP contribution in [0, 0.1) is 16.0 Å². The van der Waals surface area contributed by atoms with E-state index in [9.17, 15) is 32.9 Å². The summed E-state index contributed by atoms with van der Waals surface area (Å²) >= 11 is 0. The molecule has 2 aromatic rings. The first kappa shape index (κ1) is 19.3. The van der Waals surface area contributed by atoms with Crippen molar-refractivity contribution in [3.8, 4) is 0 Å². The van der Waals surface area contributed by atoms with E-state index >= 15 is 0 Å². The Bertz CT molecular complexity index is 925. The van der Waals surface area contributed by atoms with E-state index in [-0.39, 0.29) is 12.4 Å². The number of hydrogen-bond acceptors (Lipinski definition) is 5. The molecule has 0 radical (unpaired) electrons. The van der Waals surface area contributed by atoms with Gasteiger partial charge in [0.25, 0.3) is 0 Å². The van der Waals surface area contributed by atoms with Crippen molar-refractivity contribution < 1.29 is 27.7 Å². The third-order valence-electron chi connectivity index (χ3n) is 4.51. The Hall–Kier alpha value is -3.44. The molecule has 1 aromatic carbocycles. The fraction of sp³-hybridized carbons (Fsp3) is 0.312. The number of rotatable bonds is 4. The summed E-state index contributed by atoms with van der Waals surface area (Å²) in [6.45, 7) is 0.116. The lowest BCUT2D eigenvalue weighted by molar-refractivity contribution is -0.388. The first-order valence-corrected chi connectivity index (χ1v) is 8.00. The molecular weight excluding hydrogens is 383 g/mol. The number of nitrogens with zero attached hydrogens (tertiary/aromatic N) is 3. The number of hydrogen-bond donors (Lipinski definition) is 2. The zero-order valence-corrected chi connectivity index (χ0v) is 14.4. The van der Waals surface area contributed by atoms with Gasteiger partial charge in [-0.3, -0.25) is 9.59 Å². The van der Waals surface area contributed by atoms with Gasteiger partial charge in [0, 0.05) is 19.5 Å². The minimum atomic E-state index is -4.50. The lowest BCUT2D eigenvalue weighted by Crippen LogP contribution is -2.33. The second-order valence-corrected chi connectivity index (χ2v) is 6.27. The quantitative estimate of drug-likeness (QED) is 0.465. The van der Waals surface area contributed by atoms with E-state index in [1.165, 1.54) is 24.1 Å². The summed E-state index contributed by atoms with van der Waals surface area (Å²) in [6, 6.07) is 4.20. The van der Waals surface area contributed by atoms with Gasteiger partial charge in [-0.15, -0.1) is 0 Å². The van der Waals surface area contributed by atoms with Crippen LogP contribution in [0.1, 0.15) is 17.0 Å². The highest BCUT2D eigenvalue weighted by Crippen LogP contribution is 2.36. The Morgan fingerprint density at radius 2 is 2.00 bits per heavy atom. The second-order valence-electron chi connectivity index (χ2n) is 6.27. The zero-order chi connectivity index (χ0) is 20.6. The van der Waals surface area contributed by atoms with Gasteiger partial charge in [-0.2, -0.15) is 18.2 Å². The largest absolute Gasteiger partial charge is 0.416 e. The van der Waals surface area contributed by atoms with Crippen LogP contribution in [0.25, 0.3) is 0 Å². The van der Waals surface area contributed by atoms with Crippen LogP contribution in [0.2, 0.25) is 0 Å². The SMILES string of the molecule is CN1C[C@@H](c2ccc(C(F)(F)F)cc2)[C@H](C(=O)Nc2nc[nH]c2[N+](=O)[O-])C1=O. The van der Waals surface area contributed by atoms with Gasteiger partial charge in [0.05, 0.1) is 5.56 Å². The number of carbonyl (C=O) groups excluding carboxylic acids is 2. The summed E-state index contributed by atoms with van der Waals surface area (Å²) in [5.74, 6) is -4.22. The molecule has 148 valence electrons. The summed E-state index contributed by atoms with van der Waals surface area (Å²) in [5, 5.41) is 13.2. The van der Waals surface area contributed by atoms with Crippen molar-refractivity contribution >= 4 is 23.5 Å². The molecule has 1 saturated heterocycles. The number of likely N-dealkylation sites (N-methyl/N-ethyl adjacent to an activating group) is 1. The number of nitro groups is 1. The number of aromatic amines is 1. The lowest BCUT2D eigenvalue weighted by Gasteiger charge is -2.17. The smallest absolute Gasteiger partial charge is 0.358 e. The molecule has 2 heterocycles. The number of nitrogens with one attached hydrogen (secondary N) is 2. The van der Waals surface area contributed by atoms with Crippen LogP contribution in [-0.4, -0.2) is 45.2 Å². The normalized spacial score (nSPS) is 19.7. The van der Waals surface area contributed by atoms with Gasteiger partial charge < -0.3 is 20.3 Å². The minimum Gasteiger partial charge on any atom is -0.358 e. The fourth-order valence-corrected chi connectivity index (χ4v) is 3.12. The summed E-state index contributed by atoms with van der Waals surface area (Å²) < 4.78 is 38.2. The number of benzene rings is 1. The predicted molar refractivity (Wildman–Crippen MR) is 89.2 cm³/mol. The molecule has 2 amide bonds. The van der Waals surface area contributed by atoms with E-state index in [0.717, 1.165) is 18.5 Å². The molecule has 0 bridgehead atoms. The molecular formula is C16H14F3N5O4. The molecule has 2 N–H and O–H groups in total. The maximum atomic E-state index is 12.7. The minimum absolute atomic E-state index is 0.116. The van der Waals surface area contributed by atoms with Crippen molar-refractivity contribution in [3.63, 3.8) is 0 Å². The number of aromatic nitrogens is 2. The van der Waals surface area contributed by atoms with Crippen LogP contribution >= 0.6 is 0 Å². The standard InChI is InChI=1S/C16H14F3N5O4/c1-23-6-10(8-2-4-9(5-3-8)16(17,18)19)11(15(23)26)14(25)22-12-13(24(27)28)21-7-20-12/h2-5,7,10-11H,6H2,1H3,(H,20,21)(H,22,25)/t10-,11+/m0/s1. The average Bonchev–Trinajstić information content (AvgIpc) is 3.19. The first-order chi connectivity index (χ1) is 13.1. The van der Waals surface area contributed by atoms with Crippen LogP contribution in [0.3, 0.4) is 0 Å². The van der Waals surface area contributed by atoms with Gasteiger partial charge in [-0.25, -0.2) is 4.98 Å². The van der Waals surface area contributed by atoms with E-state index in [0.29, 0.717) is 5.56 Å². The molecule has 3 rings (SSSR count). The van der Waals surface area contributed by atoms with Crippen LogP contribution in [-0.2, 0) is 15.8 Å². The predicted octanol–water partition coefficient (Wildman–Crippen LogP) is 2.15. The molecule has 0 spiro atoms. The van der Waals surface area contributed by atoms with E-state index in [2.05, 4.69) is 15.3 Å². The number of carbonyl (C=O) groups is 2. The third-order valence-corrected chi connectivity index (χ3v) is 4.51. The van der Waals surface area contributed by atoms with Crippen molar-refractivity contribution in [1.29, 1.82) is 0 Å².